The minimum absolute atomic E-state index is 0.204. The van der Waals surface area contributed by atoms with Gasteiger partial charge in [-0.15, -0.1) is 0 Å². The summed E-state index contributed by atoms with van der Waals surface area (Å²) in [6.45, 7) is 1.25. The number of hydrogen-bond acceptors (Lipinski definition) is 7. The summed E-state index contributed by atoms with van der Waals surface area (Å²) >= 11 is 0. The number of hydroxylamine groups is 1. The van der Waals surface area contributed by atoms with E-state index in [1.165, 1.54) is 0 Å². The second-order valence-corrected chi connectivity index (χ2v) is 7.83. The first kappa shape index (κ1) is 24.4. The second kappa shape index (κ2) is 12.6. The molecule has 0 saturated carbocycles. The fourth-order valence-corrected chi connectivity index (χ4v) is 3.41. The van der Waals surface area contributed by atoms with Crippen molar-refractivity contribution in [3.8, 4) is 28.8 Å². The Kier molecular flexibility index (Phi) is 8.79. The van der Waals surface area contributed by atoms with Crippen LogP contribution in [-0.4, -0.2) is 49.1 Å². The number of pyridine rings is 2. The topological polar surface area (TPSA) is 91.8 Å². The number of hydrogen-bond donors (Lipinski definition) is 1. The van der Waals surface area contributed by atoms with Crippen LogP contribution in [0.4, 0.5) is 0 Å². The molecule has 0 spiro atoms. The molecule has 1 amide bonds. The lowest BCUT2D eigenvalue weighted by atomic mass is 10.0. The molecule has 1 aliphatic rings. The lowest BCUT2D eigenvalue weighted by Crippen LogP contribution is -2.33. The fourth-order valence-electron chi connectivity index (χ4n) is 3.41. The predicted molar refractivity (Wildman–Crippen MR) is 129 cm³/mol. The lowest BCUT2D eigenvalue weighted by molar-refractivity contribution is -0.186. The first-order valence-corrected chi connectivity index (χ1v) is 11.4. The fraction of sp³-hybridized carbons (Fsp3) is 0.296. The Morgan fingerprint density at radius 3 is 2.69 bits per heavy atom. The van der Waals surface area contributed by atoms with E-state index in [-0.39, 0.29) is 18.1 Å². The van der Waals surface area contributed by atoms with Crippen molar-refractivity contribution in [2.75, 3.05) is 26.9 Å². The van der Waals surface area contributed by atoms with E-state index in [0.717, 1.165) is 41.5 Å². The van der Waals surface area contributed by atoms with Crippen LogP contribution in [0.2, 0.25) is 0 Å². The molecule has 1 saturated heterocycles. The number of benzene rings is 1. The predicted octanol–water partition coefficient (Wildman–Crippen LogP) is 3.76. The van der Waals surface area contributed by atoms with Crippen molar-refractivity contribution in [2.45, 2.75) is 25.6 Å². The van der Waals surface area contributed by atoms with Gasteiger partial charge in [0.15, 0.2) is 6.29 Å². The number of nitrogens with zero attached hydrogens (tertiary/aromatic N) is 2. The highest BCUT2D eigenvalue weighted by Crippen LogP contribution is 2.25. The van der Waals surface area contributed by atoms with Gasteiger partial charge in [0.25, 0.3) is 5.91 Å². The Morgan fingerprint density at radius 2 is 1.94 bits per heavy atom. The summed E-state index contributed by atoms with van der Waals surface area (Å²) in [5, 5.41) is 0. The zero-order chi connectivity index (χ0) is 24.3. The molecular weight excluding hydrogens is 446 g/mol. The van der Waals surface area contributed by atoms with Crippen LogP contribution in [0.5, 0.6) is 5.88 Å². The van der Waals surface area contributed by atoms with Gasteiger partial charge in [0.1, 0.15) is 12.2 Å². The van der Waals surface area contributed by atoms with E-state index >= 15 is 0 Å². The minimum Gasteiger partial charge on any atom is -0.475 e. The third-order valence-electron chi connectivity index (χ3n) is 5.27. The molecule has 0 aliphatic carbocycles. The van der Waals surface area contributed by atoms with E-state index in [1.807, 2.05) is 36.4 Å². The first-order chi connectivity index (χ1) is 17.2. The summed E-state index contributed by atoms with van der Waals surface area (Å²) in [6, 6.07) is 13.2. The van der Waals surface area contributed by atoms with Crippen molar-refractivity contribution in [3.05, 3.63) is 77.7 Å². The molecule has 3 aromatic rings. The molecule has 3 heterocycles. The second-order valence-electron chi connectivity index (χ2n) is 7.83. The van der Waals surface area contributed by atoms with Crippen LogP contribution in [0.15, 0.2) is 61.1 Å². The number of aromatic nitrogens is 2. The smallest absolute Gasteiger partial charge is 0.280 e. The number of methoxy groups -OCH3 is 1. The van der Waals surface area contributed by atoms with Crippen LogP contribution < -0.4 is 10.2 Å². The third-order valence-corrected chi connectivity index (χ3v) is 5.27. The summed E-state index contributed by atoms with van der Waals surface area (Å²) in [4.78, 5) is 26.8. The Balaban J connectivity index is 1.51. The molecule has 0 radical (unpaired) electrons. The number of ether oxygens (including phenoxy) is 3. The van der Waals surface area contributed by atoms with Crippen molar-refractivity contribution in [3.63, 3.8) is 0 Å². The number of amides is 1. The standard InChI is InChI=1S/C27H27N3O5/c1-32-15-16-34-27-24(26(31)30-35-25-6-2-3-14-33-25)17-23(19-29-27)22-11-9-20(10-12-22)7-8-21-5-4-13-28-18-21/h4-5,9-13,17-19,25H,2-3,6,14-16H2,1H3,(H,30,31). The van der Waals surface area contributed by atoms with Gasteiger partial charge < -0.3 is 14.2 Å². The molecular formula is C27H27N3O5. The summed E-state index contributed by atoms with van der Waals surface area (Å²) in [7, 11) is 1.58. The third kappa shape index (κ3) is 7.11. The quantitative estimate of drug-likeness (QED) is 0.303. The normalized spacial score (nSPS) is 15.1. The Bertz CT molecular complexity index is 1170. The van der Waals surface area contributed by atoms with Gasteiger partial charge in [-0.2, -0.15) is 0 Å². The van der Waals surface area contributed by atoms with Gasteiger partial charge in [0.2, 0.25) is 5.88 Å². The minimum atomic E-state index is -0.458. The maximum absolute atomic E-state index is 12.9. The summed E-state index contributed by atoms with van der Waals surface area (Å²) < 4.78 is 16.2. The summed E-state index contributed by atoms with van der Waals surface area (Å²) in [5.41, 5.74) is 6.10. The monoisotopic (exact) mass is 473 g/mol. The summed E-state index contributed by atoms with van der Waals surface area (Å²) in [6.07, 6.45) is 7.36. The van der Waals surface area contributed by atoms with Crippen molar-refractivity contribution < 1.29 is 23.8 Å². The van der Waals surface area contributed by atoms with E-state index in [0.29, 0.717) is 13.2 Å². The molecule has 35 heavy (non-hydrogen) atoms. The molecule has 0 bridgehead atoms. The molecule has 1 fully saturated rings. The van der Waals surface area contributed by atoms with Crippen molar-refractivity contribution in [1.29, 1.82) is 0 Å². The van der Waals surface area contributed by atoms with Gasteiger partial charge in [0, 0.05) is 55.4 Å². The van der Waals surface area contributed by atoms with Gasteiger partial charge in [-0.1, -0.05) is 24.0 Å². The highest BCUT2D eigenvalue weighted by atomic mass is 16.8. The molecule has 8 heteroatoms. The number of carbonyl (C=O) groups excluding carboxylic acids is 1. The average Bonchev–Trinajstić information content (AvgIpc) is 2.92. The Labute approximate surface area is 204 Å². The Hall–Kier alpha value is -3.77. The van der Waals surface area contributed by atoms with Crippen LogP contribution in [0.25, 0.3) is 11.1 Å². The van der Waals surface area contributed by atoms with Crippen LogP contribution in [0, 0.1) is 11.8 Å². The van der Waals surface area contributed by atoms with Crippen LogP contribution in [-0.2, 0) is 14.3 Å². The largest absolute Gasteiger partial charge is 0.475 e. The molecule has 1 N–H and O–H groups in total. The van der Waals surface area contributed by atoms with Gasteiger partial charge in [-0.3, -0.25) is 9.78 Å². The first-order valence-electron chi connectivity index (χ1n) is 11.4. The van der Waals surface area contributed by atoms with Crippen molar-refractivity contribution in [1.82, 2.24) is 15.4 Å². The van der Waals surface area contributed by atoms with E-state index in [9.17, 15) is 4.79 Å². The number of nitrogens with one attached hydrogen (secondary N) is 1. The molecule has 4 rings (SSSR count). The van der Waals surface area contributed by atoms with Gasteiger partial charge >= 0.3 is 0 Å². The van der Waals surface area contributed by atoms with E-state index in [2.05, 4.69) is 27.3 Å². The average molecular weight is 474 g/mol. The molecule has 8 nitrogen and oxygen atoms in total. The molecule has 1 aromatic carbocycles. The lowest BCUT2D eigenvalue weighted by Gasteiger charge is -2.22. The summed E-state index contributed by atoms with van der Waals surface area (Å²) in [5.74, 6) is 5.96. The SMILES string of the molecule is COCCOc1ncc(-c2ccc(C#Cc3cccnc3)cc2)cc1C(=O)NOC1CCCCO1. The zero-order valence-corrected chi connectivity index (χ0v) is 19.5. The van der Waals surface area contributed by atoms with E-state index < -0.39 is 12.2 Å². The zero-order valence-electron chi connectivity index (χ0n) is 19.5. The van der Waals surface area contributed by atoms with Gasteiger partial charge in [-0.25, -0.2) is 15.3 Å². The highest BCUT2D eigenvalue weighted by molar-refractivity contribution is 5.96. The van der Waals surface area contributed by atoms with Crippen LogP contribution in [0.1, 0.15) is 40.7 Å². The maximum atomic E-state index is 12.9. The van der Waals surface area contributed by atoms with Crippen molar-refractivity contribution >= 4 is 5.91 Å². The highest BCUT2D eigenvalue weighted by Gasteiger charge is 2.20. The van der Waals surface area contributed by atoms with Crippen LogP contribution >= 0.6 is 0 Å². The molecule has 1 aliphatic heterocycles. The molecule has 1 atom stereocenters. The molecule has 2 aromatic heterocycles. The van der Waals surface area contributed by atoms with Gasteiger partial charge in [-0.05, 0) is 48.7 Å². The number of rotatable bonds is 8. The maximum Gasteiger partial charge on any atom is 0.280 e. The molecule has 1 unspecified atom stereocenters. The van der Waals surface area contributed by atoms with Crippen LogP contribution in [0.3, 0.4) is 0 Å². The van der Waals surface area contributed by atoms with Gasteiger partial charge in [0.05, 0.1) is 6.61 Å². The number of carbonyl (C=O) groups is 1. The molecule has 180 valence electrons. The van der Waals surface area contributed by atoms with E-state index in [1.54, 1.807) is 31.8 Å². The van der Waals surface area contributed by atoms with E-state index in [4.69, 9.17) is 19.0 Å². The Morgan fingerprint density at radius 1 is 1.09 bits per heavy atom. The van der Waals surface area contributed by atoms with Crippen molar-refractivity contribution in [2.24, 2.45) is 0 Å².